The Morgan fingerprint density at radius 1 is 1.03 bits per heavy atom. The van der Waals surface area contributed by atoms with E-state index in [0.717, 1.165) is 19.7 Å². The first-order valence-electron chi connectivity index (χ1n) is 9.41. The van der Waals surface area contributed by atoms with Gasteiger partial charge in [0.05, 0.1) is 17.8 Å². The molecule has 2 aromatic carbocycles. The molecule has 0 aliphatic heterocycles. The Bertz CT molecular complexity index is 1300. The van der Waals surface area contributed by atoms with E-state index in [2.05, 4.69) is 10.1 Å². The van der Waals surface area contributed by atoms with Gasteiger partial charge in [-0.1, -0.05) is 41.4 Å². The molecule has 2 heterocycles. The van der Waals surface area contributed by atoms with Crippen LogP contribution in [0.1, 0.15) is 11.4 Å². The number of thiazole rings is 1. The maximum absolute atomic E-state index is 12.9. The van der Waals surface area contributed by atoms with Crippen molar-refractivity contribution in [3.8, 4) is 21.8 Å². The van der Waals surface area contributed by atoms with E-state index in [1.54, 1.807) is 36.5 Å². The van der Waals surface area contributed by atoms with Crippen molar-refractivity contribution in [3.05, 3.63) is 80.3 Å². The molecule has 0 bridgehead atoms. The zero-order chi connectivity index (χ0) is 22.9. The summed E-state index contributed by atoms with van der Waals surface area (Å²) in [5.41, 5.74) is 0.653. The van der Waals surface area contributed by atoms with E-state index in [4.69, 9.17) is 23.2 Å². The minimum atomic E-state index is -4.40. The summed E-state index contributed by atoms with van der Waals surface area (Å²) in [6, 6.07) is 13.7. The number of aromatic nitrogens is 4. The van der Waals surface area contributed by atoms with Gasteiger partial charge in [0, 0.05) is 33.9 Å². The Labute approximate surface area is 194 Å². The molecule has 0 saturated carbocycles. The Kier molecular flexibility index (Phi) is 6.41. The summed E-state index contributed by atoms with van der Waals surface area (Å²) in [4.78, 5) is 18.1. The summed E-state index contributed by atoms with van der Waals surface area (Å²) in [5, 5.41) is 5.91. The first-order chi connectivity index (χ1) is 15.2. The molecule has 0 saturated heterocycles. The van der Waals surface area contributed by atoms with Gasteiger partial charge in [-0.15, -0.1) is 16.4 Å². The average molecular weight is 499 g/mol. The van der Waals surface area contributed by atoms with Crippen molar-refractivity contribution in [3.63, 3.8) is 0 Å². The fourth-order valence-electron chi connectivity index (χ4n) is 3.09. The van der Waals surface area contributed by atoms with Crippen molar-refractivity contribution in [2.45, 2.75) is 25.7 Å². The molecule has 0 amide bonds. The third kappa shape index (κ3) is 5.06. The number of hydrogen-bond donors (Lipinski definition) is 0. The van der Waals surface area contributed by atoms with Crippen LogP contribution in [-0.4, -0.2) is 25.5 Å². The van der Waals surface area contributed by atoms with Gasteiger partial charge in [0.2, 0.25) is 0 Å². The smallest absolute Gasteiger partial charge is 0.275 e. The van der Waals surface area contributed by atoms with E-state index in [9.17, 15) is 18.0 Å². The lowest BCUT2D eigenvalue weighted by Crippen LogP contribution is -2.27. The Morgan fingerprint density at radius 3 is 2.44 bits per heavy atom. The Hall–Kier alpha value is -2.62. The predicted molar refractivity (Wildman–Crippen MR) is 119 cm³/mol. The van der Waals surface area contributed by atoms with Crippen molar-refractivity contribution in [2.75, 3.05) is 0 Å². The molecule has 0 N–H and O–H groups in total. The van der Waals surface area contributed by atoms with Gasteiger partial charge in [-0.2, -0.15) is 13.2 Å². The maximum Gasteiger partial charge on any atom is 0.390 e. The maximum atomic E-state index is 12.9. The van der Waals surface area contributed by atoms with Gasteiger partial charge < -0.3 is 0 Å². The molecule has 0 aliphatic rings. The first-order valence-corrected chi connectivity index (χ1v) is 11.0. The number of halogens is 5. The van der Waals surface area contributed by atoms with Crippen molar-refractivity contribution in [1.29, 1.82) is 0 Å². The topological polar surface area (TPSA) is 52.7 Å². The summed E-state index contributed by atoms with van der Waals surface area (Å²) >= 11 is 13.5. The van der Waals surface area contributed by atoms with Crippen molar-refractivity contribution in [1.82, 2.24) is 19.3 Å². The zero-order valence-corrected chi connectivity index (χ0v) is 18.6. The van der Waals surface area contributed by atoms with Crippen LogP contribution in [0.2, 0.25) is 10.0 Å². The normalized spacial score (nSPS) is 11.8. The second-order valence-electron chi connectivity index (χ2n) is 6.89. The summed E-state index contributed by atoms with van der Waals surface area (Å²) in [6.07, 6.45) is -3.90. The zero-order valence-electron chi connectivity index (χ0n) is 16.3. The second kappa shape index (κ2) is 9.09. The van der Waals surface area contributed by atoms with Gasteiger partial charge in [0.15, 0.2) is 5.82 Å². The van der Waals surface area contributed by atoms with Crippen LogP contribution in [0.4, 0.5) is 13.2 Å². The molecule has 4 aromatic rings. The van der Waals surface area contributed by atoms with E-state index in [1.807, 2.05) is 18.2 Å². The highest BCUT2D eigenvalue weighted by Crippen LogP contribution is 2.32. The van der Waals surface area contributed by atoms with Crippen molar-refractivity contribution >= 4 is 34.5 Å². The molecule has 5 nitrogen and oxygen atoms in total. The molecule has 0 radical (unpaired) electrons. The molecule has 166 valence electrons. The van der Waals surface area contributed by atoms with Gasteiger partial charge in [-0.25, -0.2) is 14.5 Å². The van der Waals surface area contributed by atoms with Crippen LogP contribution >= 0.6 is 34.5 Å². The molecule has 2 aromatic heterocycles. The SMILES string of the molecule is O=c1n(Cc2ncc(-c3ccccc3Cl)s2)nc(-c2ccc(Cl)cc2)n1CCC(F)(F)F. The molecular weight excluding hydrogens is 484 g/mol. The van der Waals surface area contributed by atoms with Gasteiger partial charge in [-0.05, 0) is 30.3 Å². The van der Waals surface area contributed by atoms with Crippen LogP contribution in [-0.2, 0) is 13.1 Å². The molecular formula is C21H15Cl2F3N4OS. The predicted octanol–water partition coefficient (Wildman–Crippen LogP) is 6.14. The Morgan fingerprint density at radius 2 is 1.75 bits per heavy atom. The van der Waals surface area contributed by atoms with Crippen LogP contribution in [0.15, 0.2) is 59.5 Å². The van der Waals surface area contributed by atoms with Crippen molar-refractivity contribution in [2.24, 2.45) is 0 Å². The van der Waals surface area contributed by atoms with Gasteiger partial charge in [0.1, 0.15) is 5.01 Å². The highest BCUT2D eigenvalue weighted by molar-refractivity contribution is 7.15. The number of benzene rings is 2. The van der Waals surface area contributed by atoms with Crippen LogP contribution in [0.5, 0.6) is 0 Å². The molecule has 4 rings (SSSR count). The number of nitrogens with zero attached hydrogens (tertiary/aromatic N) is 4. The summed E-state index contributed by atoms with van der Waals surface area (Å²) in [7, 11) is 0. The largest absolute Gasteiger partial charge is 0.390 e. The minimum Gasteiger partial charge on any atom is -0.275 e. The molecule has 0 spiro atoms. The van der Waals surface area contributed by atoms with Gasteiger partial charge in [0.25, 0.3) is 0 Å². The molecule has 11 heteroatoms. The van der Waals surface area contributed by atoms with E-state index in [-0.39, 0.29) is 12.4 Å². The molecule has 0 unspecified atom stereocenters. The third-order valence-corrected chi connectivity index (χ3v) is 6.22. The summed E-state index contributed by atoms with van der Waals surface area (Å²) in [6.45, 7) is -0.517. The van der Waals surface area contributed by atoms with Crippen LogP contribution < -0.4 is 5.69 Å². The van der Waals surface area contributed by atoms with E-state index in [0.29, 0.717) is 20.6 Å². The quantitative estimate of drug-likeness (QED) is 0.320. The third-order valence-electron chi connectivity index (χ3n) is 4.62. The number of alkyl halides is 3. The highest BCUT2D eigenvalue weighted by Gasteiger charge is 2.28. The average Bonchev–Trinajstić information content (AvgIpc) is 3.32. The van der Waals surface area contributed by atoms with E-state index >= 15 is 0 Å². The molecule has 0 fully saturated rings. The monoisotopic (exact) mass is 498 g/mol. The van der Waals surface area contributed by atoms with Gasteiger partial charge in [-0.3, -0.25) is 4.57 Å². The lowest BCUT2D eigenvalue weighted by atomic mass is 10.2. The van der Waals surface area contributed by atoms with Gasteiger partial charge >= 0.3 is 11.9 Å². The number of rotatable bonds is 6. The van der Waals surface area contributed by atoms with Crippen molar-refractivity contribution < 1.29 is 13.2 Å². The molecule has 32 heavy (non-hydrogen) atoms. The first kappa shape index (κ1) is 22.6. The Balaban J connectivity index is 1.68. The minimum absolute atomic E-state index is 0.0214. The van der Waals surface area contributed by atoms with E-state index < -0.39 is 24.8 Å². The lowest BCUT2D eigenvalue weighted by Gasteiger charge is -2.08. The summed E-state index contributed by atoms with van der Waals surface area (Å²) in [5.74, 6) is 0.138. The molecule has 0 aliphatic carbocycles. The van der Waals surface area contributed by atoms with Crippen LogP contribution in [0.25, 0.3) is 21.8 Å². The van der Waals surface area contributed by atoms with Crippen LogP contribution in [0.3, 0.4) is 0 Å². The lowest BCUT2D eigenvalue weighted by molar-refractivity contribution is -0.136. The number of hydrogen-bond acceptors (Lipinski definition) is 4. The highest BCUT2D eigenvalue weighted by atomic mass is 35.5. The summed E-state index contributed by atoms with van der Waals surface area (Å²) < 4.78 is 40.6. The fraction of sp³-hybridized carbons (Fsp3) is 0.190. The standard InChI is InChI=1S/C21H15Cl2F3N4OS/c22-14-7-5-13(6-8-14)19-28-30(20(31)29(19)10-9-21(24,25)26)12-18-27-11-17(32-18)15-3-1-2-4-16(15)23/h1-8,11H,9-10,12H2. The molecule has 0 atom stereocenters. The van der Waals surface area contributed by atoms with Crippen LogP contribution in [0, 0.1) is 0 Å². The fourth-order valence-corrected chi connectivity index (χ4v) is 4.45. The van der Waals surface area contributed by atoms with E-state index in [1.165, 1.54) is 11.3 Å². The second-order valence-corrected chi connectivity index (χ2v) is 8.84.